The molecule has 26 heavy (non-hydrogen) atoms. The summed E-state index contributed by atoms with van der Waals surface area (Å²) in [4.78, 5) is 15.2. The molecule has 0 spiro atoms. The smallest absolute Gasteiger partial charge is 0.152 e. The minimum Gasteiger partial charge on any atom is -0.384 e. The van der Waals surface area contributed by atoms with E-state index in [1.54, 1.807) is 25.4 Å². The average molecular weight is 372 g/mol. The summed E-state index contributed by atoms with van der Waals surface area (Å²) < 4.78 is 14.6. The quantitative estimate of drug-likeness (QED) is 0.724. The molecule has 3 heterocycles. The largest absolute Gasteiger partial charge is 0.384 e. The minimum atomic E-state index is -0.425. The highest BCUT2D eigenvalue weighted by molar-refractivity contribution is 6.34. The maximum absolute atomic E-state index is 14.6. The number of aryl methyl sites for hydroxylation is 1. The number of fused-ring (bicyclic) bond motifs is 1. The molecular formula is C19H19ClFN5. The number of benzene rings is 1. The first-order valence-corrected chi connectivity index (χ1v) is 9.04. The Kier molecular flexibility index (Phi) is 4.36. The molecule has 0 amide bonds. The van der Waals surface area contributed by atoms with Crippen molar-refractivity contribution in [2.24, 2.45) is 0 Å². The van der Waals surface area contributed by atoms with E-state index in [4.69, 9.17) is 17.3 Å². The summed E-state index contributed by atoms with van der Waals surface area (Å²) in [5, 5.41) is 1.27. The summed E-state index contributed by atoms with van der Waals surface area (Å²) in [5.74, 6) is 0.706. The molecule has 1 saturated heterocycles. The van der Waals surface area contributed by atoms with Gasteiger partial charge in [0, 0.05) is 24.0 Å². The molecular weight excluding hydrogens is 353 g/mol. The zero-order chi connectivity index (χ0) is 18.3. The zero-order valence-corrected chi connectivity index (χ0v) is 15.2. The second kappa shape index (κ2) is 6.68. The average Bonchev–Trinajstić information content (AvgIpc) is 2.64. The van der Waals surface area contributed by atoms with E-state index in [1.165, 1.54) is 12.5 Å². The number of nitrogens with two attached hydrogens (primary N) is 1. The van der Waals surface area contributed by atoms with Crippen LogP contribution in [0.1, 0.15) is 24.8 Å². The Morgan fingerprint density at radius 1 is 1.12 bits per heavy atom. The number of hydrogen-bond donors (Lipinski definition) is 1. The first-order valence-electron chi connectivity index (χ1n) is 8.67. The van der Waals surface area contributed by atoms with Gasteiger partial charge < -0.3 is 10.6 Å². The van der Waals surface area contributed by atoms with Crippen LogP contribution in [0.4, 0.5) is 16.0 Å². The third kappa shape index (κ3) is 2.94. The van der Waals surface area contributed by atoms with E-state index in [0.29, 0.717) is 21.7 Å². The van der Waals surface area contributed by atoms with E-state index < -0.39 is 5.82 Å². The number of nitrogen functional groups attached to an aromatic ring is 1. The van der Waals surface area contributed by atoms with Gasteiger partial charge in [-0.2, -0.15) is 0 Å². The standard InChI is InChI=1S/C19H19ClFN5/c1-11-7-16(22)25-18(17(11)21)12-9-15-13(8-14(12)20)19(24-10-23-15)26-5-3-2-4-6-26/h7-10H,2-6H2,1H3,(H2,22,25). The molecule has 0 radical (unpaired) electrons. The van der Waals surface area contributed by atoms with E-state index in [2.05, 4.69) is 19.9 Å². The van der Waals surface area contributed by atoms with E-state index in [9.17, 15) is 4.39 Å². The lowest BCUT2D eigenvalue weighted by atomic mass is 10.0. The van der Waals surface area contributed by atoms with Crippen LogP contribution in [0.25, 0.3) is 22.2 Å². The highest BCUT2D eigenvalue weighted by Crippen LogP contribution is 2.36. The first kappa shape index (κ1) is 17.0. The second-order valence-electron chi connectivity index (χ2n) is 6.62. The molecule has 2 aromatic heterocycles. The minimum absolute atomic E-state index is 0.146. The van der Waals surface area contributed by atoms with Gasteiger partial charge in [-0.3, -0.25) is 0 Å². The van der Waals surface area contributed by atoms with Gasteiger partial charge in [0.25, 0.3) is 0 Å². The van der Waals surface area contributed by atoms with Gasteiger partial charge >= 0.3 is 0 Å². The number of hydrogen-bond acceptors (Lipinski definition) is 5. The van der Waals surface area contributed by atoms with Crippen molar-refractivity contribution in [3.8, 4) is 11.3 Å². The Morgan fingerprint density at radius 3 is 2.65 bits per heavy atom. The highest BCUT2D eigenvalue weighted by atomic mass is 35.5. The Balaban J connectivity index is 1.88. The monoisotopic (exact) mass is 371 g/mol. The highest BCUT2D eigenvalue weighted by Gasteiger charge is 2.19. The first-order chi connectivity index (χ1) is 12.5. The van der Waals surface area contributed by atoms with Crippen LogP contribution < -0.4 is 10.6 Å². The Labute approximate surface area is 156 Å². The van der Waals surface area contributed by atoms with Gasteiger partial charge in [0.15, 0.2) is 5.82 Å². The molecule has 1 fully saturated rings. The van der Waals surface area contributed by atoms with E-state index in [1.807, 2.05) is 0 Å². The molecule has 5 nitrogen and oxygen atoms in total. The molecule has 4 rings (SSSR count). The Morgan fingerprint density at radius 2 is 1.88 bits per heavy atom. The molecule has 1 aliphatic heterocycles. The summed E-state index contributed by atoms with van der Waals surface area (Å²) in [6.07, 6.45) is 5.08. The number of nitrogens with zero attached hydrogens (tertiary/aromatic N) is 4. The molecule has 0 atom stereocenters. The third-order valence-corrected chi connectivity index (χ3v) is 5.09. The maximum atomic E-state index is 14.6. The van der Waals surface area contributed by atoms with Gasteiger partial charge in [-0.05, 0) is 49.9 Å². The Hall–Kier alpha value is -2.47. The van der Waals surface area contributed by atoms with Gasteiger partial charge in [0.2, 0.25) is 0 Å². The van der Waals surface area contributed by atoms with Crippen molar-refractivity contribution in [1.29, 1.82) is 0 Å². The summed E-state index contributed by atoms with van der Waals surface area (Å²) in [6, 6.07) is 5.07. The topological polar surface area (TPSA) is 67.9 Å². The van der Waals surface area contributed by atoms with Crippen LogP contribution in [0.3, 0.4) is 0 Å². The van der Waals surface area contributed by atoms with Gasteiger partial charge in [-0.1, -0.05) is 11.6 Å². The summed E-state index contributed by atoms with van der Waals surface area (Å²) in [7, 11) is 0. The second-order valence-corrected chi connectivity index (χ2v) is 7.03. The van der Waals surface area contributed by atoms with Crippen molar-refractivity contribution in [3.63, 3.8) is 0 Å². The van der Waals surface area contributed by atoms with Crippen molar-refractivity contribution in [3.05, 3.63) is 40.9 Å². The van der Waals surface area contributed by atoms with Crippen molar-refractivity contribution >= 4 is 34.1 Å². The molecule has 7 heteroatoms. The molecule has 3 aromatic rings. The fourth-order valence-electron chi connectivity index (χ4n) is 3.46. The third-order valence-electron chi connectivity index (χ3n) is 4.77. The lowest BCUT2D eigenvalue weighted by Crippen LogP contribution is -2.30. The number of rotatable bonds is 2. The molecule has 2 N–H and O–H groups in total. The number of piperidine rings is 1. The fourth-order valence-corrected chi connectivity index (χ4v) is 3.72. The van der Waals surface area contributed by atoms with Crippen LogP contribution in [0.2, 0.25) is 5.02 Å². The van der Waals surface area contributed by atoms with Crippen LogP contribution in [-0.2, 0) is 0 Å². The van der Waals surface area contributed by atoms with Crippen molar-refractivity contribution in [1.82, 2.24) is 15.0 Å². The fraction of sp³-hybridized carbons (Fsp3) is 0.316. The van der Waals surface area contributed by atoms with Gasteiger partial charge in [-0.25, -0.2) is 19.3 Å². The number of pyridine rings is 1. The Bertz CT molecular complexity index is 985. The van der Waals surface area contributed by atoms with Crippen LogP contribution in [-0.4, -0.2) is 28.0 Å². The van der Waals surface area contributed by atoms with E-state index >= 15 is 0 Å². The number of halogens is 2. The van der Waals surface area contributed by atoms with Crippen molar-refractivity contribution in [2.75, 3.05) is 23.7 Å². The molecule has 0 bridgehead atoms. The van der Waals surface area contributed by atoms with Gasteiger partial charge in [0.05, 0.1) is 10.5 Å². The number of anilines is 2. The molecule has 0 aliphatic carbocycles. The summed E-state index contributed by atoms with van der Waals surface area (Å²) in [5.41, 5.74) is 7.56. The zero-order valence-electron chi connectivity index (χ0n) is 14.5. The maximum Gasteiger partial charge on any atom is 0.152 e. The predicted octanol–water partition coefficient (Wildman–Crippen LogP) is 4.37. The molecule has 1 aliphatic rings. The van der Waals surface area contributed by atoms with Crippen molar-refractivity contribution < 1.29 is 4.39 Å². The van der Waals surface area contributed by atoms with Gasteiger partial charge in [0.1, 0.15) is 23.7 Å². The van der Waals surface area contributed by atoms with Crippen LogP contribution in [0.15, 0.2) is 24.5 Å². The summed E-state index contributed by atoms with van der Waals surface area (Å²) >= 11 is 6.50. The van der Waals surface area contributed by atoms with Crippen molar-refractivity contribution in [2.45, 2.75) is 26.2 Å². The van der Waals surface area contributed by atoms with Crippen LogP contribution in [0.5, 0.6) is 0 Å². The lowest BCUT2D eigenvalue weighted by molar-refractivity contribution is 0.574. The summed E-state index contributed by atoms with van der Waals surface area (Å²) in [6.45, 7) is 3.59. The molecule has 1 aromatic carbocycles. The van der Waals surface area contributed by atoms with E-state index in [-0.39, 0.29) is 11.5 Å². The van der Waals surface area contributed by atoms with Crippen LogP contribution in [0, 0.1) is 12.7 Å². The molecule has 0 saturated carbocycles. The normalized spacial score (nSPS) is 14.8. The van der Waals surface area contributed by atoms with E-state index in [0.717, 1.165) is 37.1 Å². The van der Waals surface area contributed by atoms with Crippen LogP contribution >= 0.6 is 11.6 Å². The number of aromatic nitrogens is 3. The van der Waals surface area contributed by atoms with Gasteiger partial charge in [-0.15, -0.1) is 0 Å². The lowest BCUT2D eigenvalue weighted by Gasteiger charge is -2.28. The molecule has 0 unspecified atom stereocenters. The molecule has 134 valence electrons. The SMILES string of the molecule is Cc1cc(N)nc(-c2cc3ncnc(N4CCCCC4)c3cc2Cl)c1F. The predicted molar refractivity (Wildman–Crippen MR) is 103 cm³/mol.